The topological polar surface area (TPSA) is 52.7 Å². The van der Waals surface area contributed by atoms with Gasteiger partial charge in [0.2, 0.25) is 11.8 Å². The fourth-order valence-electron chi connectivity index (χ4n) is 5.36. The van der Waals surface area contributed by atoms with Crippen LogP contribution in [0.25, 0.3) is 0 Å². The van der Waals surface area contributed by atoms with E-state index in [9.17, 15) is 9.59 Å². The lowest BCUT2D eigenvalue weighted by atomic mass is 9.86. The van der Waals surface area contributed by atoms with Crippen molar-refractivity contribution in [3.05, 3.63) is 0 Å². The van der Waals surface area contributed by atoms with E-state index in [0.717, 1.165) is 51.1 Å². The lowest BCUT2D eigenvalue weighted by Crippen LogP contribution is -2.46. The Bertz CT molecular complexity index is 487. The predicted octanol–water partition coefficient (Wildman–Crippen LogP) is 1.77. The van der Waals surface area contributed by atoms with Crippen molar-refractivity contribution in [2.45, 2.75) is 76.4 Å². The van der Waals surface area contributed by atoms with Crippen molar-refractivity contribution in [2.24, 2.45) is 11.8 Å². The van der Waals surface area contributed by atoms with Gasteiger partial charge in [-0.1, -0.05) is 6.92 Å². The summed E-state index contributed by atoms with van der Waals surface area (Å²) >= 11 is 0. The number of amides is 2. The highest BCUT2D eigenvalue weighted by atomic mass is 16.2. The summed E-state index contributed by atoms with van der Waals surface area (Å²) in [6.45, 7) is 4.91. The van der Waals surface area contributed by atoms with Gasteiger partial charge in [-0.05, 0) is 57.4 Å². The number of fused-ring (bicyclic) bond motifs is 2. The quantitative estimate of drug-likeness (QED) is 0.838. The van der Waals surface area contributed by atoms with Crippen LogP contribution in [0.3, 0.4) is 0 Å². The summed E-state index contributed by atoms with van der Waals surface area (Å²) in [5, 5.41) is 3.46. The van der Waals surface area contributed by atoms with Crippen molar-refractivity contribution in [1.82, 2.24) is 15.1 Å². The minimum absolute atomic E-state index is 0.0990. The predicted molar refractivity (Wildman–Crippen MR) is 92.4 cm³/mol. The van der Waals surface area contributed by atoms with Crippen LogP contribution in [-0.4, -0.2) is 59.4 Å². The molecule has 3 unspecified atom stereocenters. The minimum atomic E-state index is -0.0990. The maximum atomic E-state index is 13.2. The Balaban J connectivity index is 1.42. The average molecular weight is 333 g/mol. The van der Waals surface area contributed by atoms with Crippen LogP contribution in [0.2, 0.25) is 0 Å². The first-order chi connectivity index (χ1) is 11.6. The summed E-state index contributed by atoms with van der Waals surface area (Å²) in [6, 6.07) is 1.14. The molecular formula is C19H31N3O2. The van der Waals surface area contributed by atoms with Crippen molar-refractivity contribution in [1.29, 1.82) is 0 Å². The molecule has 5 nitrogen and oxygen atoms in total. The van der Waals surface area contributed by atoms with Crippen molar-refractivity contribution in [3.8, 4) is 0 Å². The molecule has 0 aromatic rings. The number of hydrogen-bond acceptors (Lipinski definition) is 3. The van der Waals surface area contributed by atoms with Gasteiger partial charge in [0.25, 0.3) is 0 Å². The molecule has 3 aliphatic heterocycles. The Kier molecular flexibility index (Phi) is 4.54. The number of carbonyl (C=O) groups is 2. The van der Waals surface area contributed by atoms with Gasteiger partial charge in [0.05, 0.1) is 5.92 Å². The summed E-state index contributed by atoms with van der Waals surface area (Å²) in [7, 11) is 0. The third-order valence-electron chi connectivity index (χ3n) is 6.84. The molecule has 0 aromatic carbocycles. The molecule has 2 amide bonds. The van der Waals surface area contributed by atoms with Gasteiger partial charge in [-0.15, -0.1) is 0 Å². The number of carbonyl (C=O) groups excluding carboxylic acids is 2. The van der Waals surface area contributed by atoms with E-state index in [0.29, 0.717) is 31.1 Å². The third kappa shape index (κ3) is 2.96. The van der Waals surface area contributed by atoms with Gasteiger partial charge in [-0.3, -0.25) is 9.59 Å². The van der Waals surface area contributed by atoms with Crippen LogP contribution in [-0.2, 0) is 9.59 Å². The monoisotopic (exact) mass is 333 g/mol. The van der Waals surface area contributed by atoms with Gasteiger partial charge >= 0.3 is 0 Å². The molecular weight excluding hydrogens is 302 g/mol. The van der Waals surface area contributed by atoms with Crippen LogP contribution >= 0.6 is 0 Å². The molecule has 4 aliphatic rings. The number of hydrogen-bond donors (Lipinski definition) is 1. The van der Waals surface area contributed by atoms with Crippen molar-refractivity contribution < 1.29 is 9.59 Å². The average Bonchev–Trinajstić information content (AvgIpc) is 3.06. The molecule has 0 spiro atoms. The molecule has 3 saturated heterocycles. The Morgan fingerprint density at radius 1 is 1.00 bits per heavy atom. The molecule has 1 saturated carbocycles. The Labute approximate surface area is 145 Å². The van der Waals surface area contributed by atoms with Gasteiger partial charge in [0.1, 0.15) is 0 Å². The van der Waals surface area contributed by atoms with E-state index in [1.54, 1.807) is 0 Å². The Morgan fingerprint density at radius 3 is 2.50 bits per heavy atom. The zero-order valence-electron chi connectivity index (χ0n) is 14.9. The zero-order valence-corrected chi connectivity index (χ0v) is 14.9. The molecule has 2 bridgehead atoms. The van der Waals surface area contributed by atoms with Gasteiger partial charge < -0.3 is 15.1 Å². The van der Waals surface area contributed by atoms with E-state index < -0.39 is 0 Å². The molecule has 134 valence electrons. The smallest absolute Gasteiger partial charge is 0.228 e. The highest BCUT2D eigenvalue weighted by Crippen LogP contribution is 2.34. The van der Waals surface area contributed by atoms with E-state index in [1.807, 2.05) is 4.90 Å². The van der Waals surface area contributed by atoms with E-state index in [1.165, 1.54) is 12.8 Å². The fourth-order valence-corrected chi connectivity index (χ4v) is 5.36. The fraction of sp³-hybridized carbons (Fsp3) is 0.895. The van der Waals surface area contributed by atoms with Gasteiger partial charge in [0.15, 0.2) is 0 Å². The molecule has 3 heterocycles. The second-order valence-corrected chi connectivity index (χ2v) is 8.48. The summed E-state index contributed by atoms with van der Waals surface area (Å²) in [6.07, 6.45) is 8.43. The highest BCUT2D eigenvalue weighted by molar-refractivity contribution is 5.90. The molecule has 4 rings (SSSR count). The first-order valence-corrected chi connectivity index (χ1v) is 9.96. The Hall–Kier alpha value is -1.10. The summed E-state index contributed by atoms with van der Waals surface area (Å²) in [4.78, 5) is 29.9. The number of nitrogens with zero attached hydrogens (tertiary/aromatic N) is 2. The maximum absolute atomic E-state index is 13.2. The van der Waals surface area contributed by atoms with Gasteiger partial charge in [-0.2, -0.15) is 0 Å². The van der Waals surface area contributed by atoms with Crippen molar-refractivity contribution in [2.75, 3.05) is 19.6 Å². The van der Waals surface area contributed by atoms with E-state index in [4.69, 9.17) is 0 Å². The van der Waals surface area contributed by atoms with Crippen molar-refractivity contribution in [3.63, 3.8) is 0 Å². The lowest BCUT2D eigenvalue weighted by Gasteiger charge is -2.34. The molecule has 0 radical (unpaired) electrons. The molecule has 0 aromatic heterocycles. The molecule has 4 fully saturated rings. The largest absolute Gasteiger partial charge is 0.339 e. The maximum Gasteiger partial charge on any atom is 0.228 e. The van der Waals surface area contributed by atoms with E-state index in [2.05, 4.69) is 17.1 Å². The zero-order chi connectivity index (χ0) is 16.7. The standard InChI is InChI=1S/C19H31N3O2/c1-13-2-4-15(5-3-13)21-12-14(10-18(21)23)19(24)22-16-6-7-17(22)11-20-9-8-16/h13-17,20H,2-12H2,1H3. The first-order valence-electron chi connectivity index (χ1n) is 9.96. The number of nitrogens with one attached hydrogen (secondary N) is 1. The number of likely N-dealkylation sites (tertiary alicyclic amines) is 1. The summed E-state index contributed by atoms with van der Waals surface area (Å²) in [5.74, 6) is 1.16. The van der Waals surface area contributed by atoms with Crippen molar-refractivity contribution >= 4 is 11.8 Å². The SMILES string of the molecule is CC1CCC(N2CC(C(=O)N3C4CCNCC3CC4)CC2=O)CC1. The van der Waals surface area contributed by atoms with Gasteiger partial charge in [-0.25, -0.2) is 0 Å². The van der Waals surface area contributed by atoms with Gasteiger partial charge in [0, 0.05) is 37.6 Å². The molecule has 1 aliphatic carbocycles. The highest BCUT2D eigenvalue weighted by Gasteiger charge is 2.45. The summed E-state index contributed by atoms with van der Waals surface area (Å²) in [5.41, 5.74) is 0. The second-order valence-electron chi connectivity index (χ2n) is 8.48. The van der Waals surface area contributed by atoms with Crippen LogP contribution in [0, 0.1) is 11.8 Å². The summed E-state index contributed by atoms with van der Waals surface area (Å²) < 4.78 is 0. The second kappa shape index (κ2) is 6.66. The first kappa shape index (κ1) is 16.4. The molecule has 5 heteroatoms. The van der Waals surface area contributed by atoms with Crippen LogP contribution < -0.4 is 5.32 Å². The van der Waals surface area contributed by atoms with E-state index >= 15 is 0 Å². The van der Waals surface area contributed by atoms with E-state index in [-0.39, 0.29) is 17.7 Å². The minimum Gasteiger partial charge on any atom is -0.339 e. The third-order valence-corrected chi connectivity index (χ3v) is 6.84. The lowest BCUT2D eigenvalue weighted by molar-refractivity contribution is -0.138. The number of rotatable bonds is 2. The molecule has 1 N–H and O–H groups in total. The Morgan fingerprint density at radius 2 is 1.71 bits per heavy atom. The molecule has 24 heavy (non-hydrogen) atoms. The van der Waals surface area contributed by atoms with Crippen LogP contribution in [0.4, 0.5) is 0 Å². The molecule has 3 atom stereocenters. The van der Waals surface area contributed by atoms with Crippen LogP contribution in [0.5, 0.6) is 0 Å². The normalized spacial score (nSPS) is 40.0. The van der Waals surface area contributed by atoms with Crippen LogP contribution in [0.1, 0.15) is 58.3 Å². The van der Waals surface area contributed by atoms with Crippen LogP contribution in [0.15, 0.2) is 0 Å².